The summed E-state index contributed by atoms with van der Waals surface area (Å²) in [5.74, 6) is 0. The molecule has 0 bridgehead atoms. The zero-order valence-corrected chi connectivity index (χ0v) is 6.13. The van der Waals surface area contributed by atoms with Crippen molar-refractivity contribution in [3.63, 3.8) is 0 Å². The fourth-order valence-electron chi connectivity index (χ4n) is 1.05. The van der Waals surface area contributed by atoms with E-state index in [2.05, 4.69) is 0 Å². The molecule has 0 amide bonds. The highest BCUT2D eigenvalue weighted by Crippen LogP contribution is 2.24. The first-order valence-corrected chi connectivity index (χ1v) is 3.48. The average molecular weight is 144 g/mol. The van der Waals surface area contributed by atoms with E-state index in [9.17, 15) is 4.79 Å². The fourth-order valence-corrected chi connectivity index (χ4v) is 1.05. The minimum absolute atomic E-state index is 0.304. The Morgan fingerprint density at radius 2 is 2.50 bits per heavy atom. The molecule has 58 valence electrons. The molecule has 0 saturated carbocycles. The summed E-state index contributed by atoms with van der Waals surface area (Å²) in [5.41, 5.74) is -0.304. The monoisotopic (exact) mass is 144 g/mol. The quantitative estimate of drug-likeness (QED) is 0.548. The highest BCUT2D eigenvalue weighted by atomic mass is 16.7. The maximum absolute atomic E-state index is 10.2. The van der Waals surface area contributed by atoms with Crippen molar-refractivity contribution in [1.29, 1.82) is 0 Å². The van der Waals surface area contributed by atoms with Crippen molar-refractivity contribution in [2.45, 2.75) is 25.4 Å². The van der Waals surface area contributed by atoms with Gasteiger partial charge in [0, 0.05) is 6.42 Å². The number of carbonyl (C=O) groups excluding carboxylic acids is 1. The van der Waals surface area contributed by atoms with E-state index < -0.39 is 0 Å². The van der Waals surface area contributed by atoms with Gasteiger partial charge in [0.2, 0.25) is 0 Å². The summed E-state index contributed by atoms with van der Waals surface area (Å²) in [7, 11) is 0. The van der Waals surface area contributed by atoms with E-state index in [4.69, 9.17) is 9.47 Å². The zero-order chi connectivity index (χ0) is 7.45. The molecule has 0 N–H and O–H groups in total. The first kappa shape index (κ1) is 7.69. The minimum Gasteiger partial charge on any atom is -0.352 e. The summed E-state index contributed by atoms with van der Waals surface area (Å²) in [5, 5.41) is 0. The lowest BCUT2D eigenvalue weighted by Crippen LogP contribution is -2.30. The topological polar surface area (TPSA) is 35.5 Å². The van der Waals surface area contributed by atoms with Crippen molar-refractivity contribution in [2.24, 2.45) is 0 Å². The third-order valence-electron chi connectivity index (χ3n) is 1.91. The van der Waals surface area contributed by atoms with Gasteiger partial charge >= 0.3 is 0 Å². The third-order valence-corrected chi connectivity index (χ3v) is 1.91. The Bertz CT molecular complexity index is 116. The van der Waals surface area contributed by atoms with Crippen LogP contribution < -0.4 is 0 Å². The van der Waals surface area contributed by atoms with E-state index >= 15 is 0 Å². The molecule has 1 atom stereocenters. The van der Waals surface area contributed by atoms with Gasteiger partial charge in [-0.25, -0.2) is 0 Å². The Morgan fingerprint density at radius 1 is 1.70 bits per heavy atom. The van der Waals surface area contributed by atoms with Crippen LogP contribution in [0.5, 0.6) is 0 Å². The van der Waals surface area contributed by atoms with E-state index in [0.717, 1.165) is 12.7 Å². The van der Waals surface area contributed by atoms with Gasteiger partial charge in [0.1, 0.15) is 18.7 Å². The second-order valence-electron chi connectivity index (χ2n) is 2.52. The predicted molar refractivity (Wildman–Crippen MR) is 35.6 cm³/mol. The molecule has 1 saturated heterocycles. The SMILES string of the molecule is CCC1(CC=O)COCO1. The van der Waals surface area contributed by atoms with Gasteiger partial charge in [-0.1, -0.05) is 6.92 Å². The summed E-state index contributed by atoms with van der Waals surface area (Å²) in [6.07, 6.45) is 2.17. The third kappa shape index (κ3) is 1.36. The smallest absolute Gasteiger partial charge is 0.147 e. The van der Waals surface area contributed by atoms with Crippen LogP contribution in [0.25, 0.3) is 0 Å². The predicted octanol–water partition coefficient (Wildman–Crippen LogP) is 0.728. The Balaban J connectivity index is 2.48. The van der Waals surface area contributed by atoms with Crippen LogP contribution >= 0.6 is 0 Å². The van der Waals surface area contributed by atoms with Gasteiger partial charge in [0.25, 0.3) is 0 Å². The number of hydrogen-bond donors (Lipinski definition) is 0. The Kier molecular flexibility index (Phi) is 2.40. The zero-order valence-electron chi connectivity index (χ0n) is 6.13. The standard InChI is InChI=1S/C7H12O3/c1-2-7(3-4-8)5-9-6-10-7/h4H,2-3,5-6H2,1H3. The van der Waals surface area contributed by atoms with Crippen LogP contribution in [0.1, 0.15) is 19.8 Å². The van der Waals surface area contributed by atoms with Crippen LogP contribution in [0, 0.1) is 0 Å². The van der Waals surface area contributed by atoms with Gasteiger partial charge in [0.05, 0.1) is 6.61 Å². The largest absolute Gasteiger partial charge is 0.352 e. The summed E-state index contributed by atoms with van der Waals surface area (Å²) in [6.45, 7) is 2.89. The minimum atomic E-state index is -0.304. The van der Waals surface area contributed by atoms with E-state index in [0.29, 0.717) is 19.8 Å². The second-order valence-corrected chi connectivity index (χ2v) is 2.52. The maximum atomic E-state index is 10.2. The highest BCUT2D eigenvalue weighted by molar-refractivity contribution is 5.51. The molecule has 1 unspecified atom stereocenters. The first-order valence-electron chi connectivity index (χ1n) is 3.48. The van der Waals surface area contributed by atoms with Crippen LogP contribution in [-0.4, -0.2) is 25.3 Å². The summed E-state index contributed by atoms with van der Waals surface area (Å²) in [6, 6.07) is 0. The van der Waals surface area contributed by atoms with Crippen molar-refractivity contribution in [2.75, 3.05) is 13.4 Å². The van der Waals surface area contributed by atoms with Gasteiger partial charge in [-0.3, -0.25) is 0 Å². The van der Waals surface area contributed by atoms with Crippen molar-refractivity contribution in [3.05, 3.63) is 0 Å². The van der Waals surface area contributed by atoms with E-state index in [-0.39, 0.29) is 5.60 Å². The molecule has 0 aromatic carbocycles. The molecule has 0 aromatic rings. The van der Waals surface area contributed by atoms with Crippen molar-refractivity contribution >= 4 is 6.29 Å². The second kappa shape index (κ2) is 3.12. The van der Waals surface area contributed by atoms with Crippen LogP contribution in [0.4, 0.5) is 0 Å². The lowest BCUT2D eigenvalue weighted by atomic mass is 9.99. The summed E-state index contributed by atoms with van der Waals surface area (Å²) >= 11 is 0. The number of ether oxygens (including phenoxy) is 2. The molecular weight excluding hydrogens is 132 g/mol. The lowest BCUT2D eigenvalue weighted by molar-refractivity contribution is -0.112. The fraction of sp³-hybridized carbons (Fsp3) is 0.857. The molecular formula is C7H12O3. The normalized spacial score (nSPS) is 32.5. The molecule has 1 aliphatic heterocycles. The molecule has 0 aromatic heterocycles. The van der Waals surface area contributed by atoms with E-state index in [1.807, 2.05) is 6.92 Å². The molecule has 0 radical (unpaired) electrons. The molecule has 10 heavy (non-hydrogen) atoms. The summed E-state index contributed by atoms with van der Waals surface area (Å²) in [4.78, 5) is 10.2. The van der Waals surface area contributed by atoms with Gasteiger partial charge < -0.3 is 14.3 Å². The molecule has 3 nitrogen and oxygen atoms in total. The molecule has 1 rings (SSSR count). The van der Waals surface area contributed by atoms with Gasteiger partial charge in [0.15, 0.2) is 0 Å². The highest BCUT2D eigenvalue weighted by Gasteiger charge is 2.33. The Hall–Kier alpha value is -0.410. The van der Waals surface area contributed by atoms with Crippen LogP contribution in [0.3, 0.4) is 0 Å². The number of rotatable bonds is 3. The van der Waals surface area contributed by atoms with Crippen molar-refractivity contribution in [1.82, 2.24) is 0 Å². The number of carbonyl (C=O) groups is 1. The van der Waals surface area contributed by atoms with E-state index in [1.54, 1.807) is 0 Å². The average Bonchev–Trinajstić information content (AvgIpc) is 2.39. The Morgan fingerprint density at radius 3 is 2.90 bits per heavy atom. The number of hydrogen-bond acceptors (Lipinski definition) is 3. The van der Waals surface area contributed by atoms with Crippen LogP contribution in [0.2, 0.25) is 0 Å². The first-order chi connectivity index (χ1) is 4.83. The van der Waals surface area contributed by atoms with Gasteiger partial charge in [-0.15, -0.1) is 0 Å². The molecule has 0 spiro atoms. The maximum Gasteiger partial charge on any atom is 0.147 e. The van der Waals surface area contributed by atoms with Crippen molar-refractivity contribution < 1.29 is 14.3 Å². The Labute approximate surface area is 60.3 Å². The van der Waals surface area contributed by atoms with Gasteiger partial charge in [-0.05, 0) is 6.42 Å². The number of aldehydes is 1. The van der Waals surface area contributed by atoms with E-state index in [1.165, 1.54) is 0 Å². The molecule has 1 fully saturated rings. The molecule has 0 aliphatic carbocycles. The molecule has 1 aliphatic rings. The van der Waals surface area contributed by atoms with Crippen LogP contribution in [-0.2, 0) is 14.3 Å². The lowest BCUT2D eigenvalue weighted by Gasteiger charge is -2.21. The van der Waals surface area contributed by atoms with Gasteiger partial charge in [-0.2, -0.15) is 0 Å². The van der Waals surface area contributed by atoms with Crippen LogP contribution in [0.15, 0.2) is 0 Å². The molecule has 1 heterocycles. The summed E-state index contributed by atoms with van der Waals surface area (Å²) < 4.78 is 10.3. The molecule has 3 heteroatoms. The van der Waals surface area contributed by atoms with Crippen molar-refractivity contribution in [3.8, 4) is 0 Å².